The lowest BCUT2D eigenvalue weighted by Crippen LogP contribution is -2.46. The molecule has 0 aliphatic heterocycles. The molecule has 0 nitrogen and oxygen atoms in total. The van der Waals surface area contributed by atoms with Gasteiger partial charge < -0.3 is 0 Å². The number of allylic oxidation sites excluding steroid dienone is 2. The first-order chi connectivity index (χ1) is 8.30. The van der Waals surface area contributed by atoms with Gasteiger partial charge in [0.25, 0.3) is 0 Å². The lowest BCUT2D eigenvalue weighted by molar-refractivity contribution is -0.117. The molecule has 0 aromatic heterocycles. The van der Waals surface area contributed by atoms with Crippen LogP contribution in [0, 0.1) is 23.2 Å². The largest absolute Gasteiger partial charge is 0.445 e. The van der Waals surface area contributed by atoms with E-state index < -0.39 is 23.2 Å². The van der Waals surface area contributed by atoms with Crippen LogP contribution in [0.15, 0.2) is 11.7 Å². The molecule has 5 heteroatoms. The summed E-state index contributed by atoms with van der Waals surface area (Å²) in [6, 6.07) is 0. The monoisotopic (exact) mass is 266 g/mol. The molecule has 102 valence electrons. The molecule has 4 fully saturated rings. The van der Waals surface area contributed by atoms with Gasteiger partial charge in [-0.05, 0) is 56.3 Å². The molecule has 4 saturated carbocycles. The van der Waals surface area contributed by atoms with Gasteiger partial charge in [0.2, 0.25) is 5.83 Å². The van der Waals surface area contributed by atoms with Crippen molar-refractivity contribution in [1.82, 2.24) is 0 Å². The first kappa shape index (κ1) is 12.4. The normalized spacial score (nSPS) is 44.2. The first-order valence-corrected chi connectivity index (χ1v) is 6.43. The van der Waals surface area contributed by atoms with E-state index in [9.17, 15) is 22.0 Å². The van der Waals surface area contributed by atoms with Crippen molar-refractivity contribution in [3.63, 3.8) is 0 Å². The first-order valence-electron chi connectivity index (χ1n) is 6.43. The lowest BCUT2D eigenvalue weighted by Gasteiger charge is -2.56. The van der Waals surface area contributed by atoms with E-state index in [1.165, 1.54) is 0 Å². The second kappa shape index (κ2) is 3.70. The highest BCUT2D eigenvalue weighted by Gasteiger charge is 2.56. The van der Waals surface area contributed by atoms with Crippen molar-refractivity contribution in [2.75, 3.05) is 0 Å². The zero-order valence-electron chi connectivity index (χ0n) is 9.86. The Labute approximate surface area is 102 Å². The third-order valence-corrected chi connectivity index (χ3v) is 4.95. The van der Waals surface area contributed by atoms with Gasteiger partial charge in [0.05, 0.1) is 0 Å². The maximum absolute atomic E-state index is 14.0. The van der Waals surface area contributed by atoms with E-state index in [1.807, 2.05) is 0 Å². The second-order valence-electron chi connectivity index (χ2n) is 6.32. The molecule has 4 aliphatic carbocycles. The minimum absolute atomic E-state index is 0.294. The molecule has 18 heavy (non-hydrogen) atoms. The third-order valence-electron chi connectivity index (χ3n) is 4.95. The summed E-state index contributed by atoms with van der Waals surface area (Å²) in [6.07, 6.45) is -1.04. The number of hydrogen-bond donors (Lipinski definition) is 0. The molecular weight excluding hydrogens is 251 g/mol. The van der Waals surface area contributed by atoms with Crippen molar-refractivity contribution in [3.8, 4) is 0 Å². The second-order valence-corrected chi connectivity index (χ2v) is 6.32. The summed E-state index contributed by atoms with van der Waals surface area (Å²) in [5.41, 5.74) is -1.14. The van der Waals surface area contributed by atoms with Crippen molar-refractivity contribution >= 4 is 0 Å². The minimum Gasteiger partial charge on any atom is -0.208 e. The molecule has 4 bridgehead atoms. The number of halogens is 5. The highest BCUT2D eigenvalue weighted by atomic mass is 19.4. The quantitative estimate of drug-likeness (QED) is 0.591. The van der Waals surface area contributed by atoms with E-state index in [0.717, 1.165) is 19.3 Å². The van der Waals surface area contributed by atoms with E-state index in [2.05, 4.69) is 0 Å². The molecule has 4 aliphatic rings. The molecule has 0 N–H and O–H groups in total. The average molecular weight is 266 g/mol. The summed E-state index contributed by atoms with van der Waals surface area (Å²) in [4.78, 5) is 0. The van der Waals surface area contributed by atoms with Gasteiger partial charge in [-0.15, -0.1) is 0 Å². The maximum Gasteiger partial charge on any atom is 0.445 e. The fraction of sp³-hybridized carbons (Fsp3) is 0.846. The Morgan fingerprint density at radius 2 is 1.22 bits per heavy atom. The Morgan fingerprint density at radius 3 is 1.56 bits per heavy atom. The van der Waals surface area contributed by atoms with Crippen LogP contribution in [0.2, 0.25) is 0 Å². The number of rotatable bonds is 1. The van der Waals surface area contributed by atoms with Crippen molar-refractivity contribution in [1.29, 1.82) is 0 Å². The van der Waals surface area contributed by atoms with Gasteiger partial charge in [-0.2, -0.15) is 17.6 Å². The van der Waals surface area contributed by atoms with E-state index in [0.29, 0.717) is 37.0 Å². The van der Waals surface area contributed by atoms with Crippen LogP contribution in [0.3, 0.4) is 0 Å². The highest BCUT2D eigenvalue weighted by molar-refractivity contribution is 5.20. The molecule has 0 saturated heterocycles. The fourth-order valence-corrected chi connectivity index (χ4v) is 4.74. The topological polar surface area (TPSA) is 0 Å². The smallest absolute Gasteiger partial charge is 0.208 e. The Balaban J connectivity index is 1.96. The van der Waals surface area contributed by atoms with Crippen molar-refractivity contribution < 1.29 is 22.0 Å². The molecular formula is C13H15F5. The average Bonchev–Trinajstić information content (AvgIpc) is 2.23. The molecule has 0 amide bonds. The molecule has 4 rings (SSSR count). The molecule has 0 aromatic rings. The third kappa shape index (κ3) is 1.77. The molecule has 0 atom stereocenters. The molecule has 0 heterocycles. The zero-order chi connectivity index (χ0) is 13.1. The SMILES string of the molecule is FC(=C(F)C12CC3CC(CC(C3)C1)C2)C(F)(F)F. The Kier molecular flexibility index (Phi) is 2.55. The Morgan fingerprint density at radius 1 is 0.833 bits per heavy atom. The van der Waals surface area contributed by atoms with Crippen molar-refractivity contribution in [3.05, 3.63) is 11.7 Å². The summed E-state index contributed by atoms with van der Waals surface area (Å²) < 4.78 is 64.1. The summed E-state index contributed by atoms with van der Waals surface area (Å²) in [5.74, 6) is -3.13. The standard InChI is InChI=1S/C13H15F5/c14-10(11(15)13(16,17)18)12-4-7-1-8(5-12)3-9(2-7)6-12/h7-9H,1-6H2. The maximum atomic E-state index is 14.0. The highest BCUT2D eigenvalue weighted by Crippen LogP contribution is 2.63. The van der Waals surface area contributed by atoms with Crippen LogP contribution in [-0.2, 0) is 0 Å². The summed E-state index contributed by atoms with van der Waals surface area (Å²) in [5, 5.41) is 0. The van der Waals surface area contributed by atoms with Crippen LogP contribution in [-0.4, -0.2) is 6.18 Å². The van der Waals surface area contributed by atoms with Crippen LogP contribution in [0.25, 0.3) is 0 Å². The van der Waals surface area contributed by atoms with Gasteiger partial charge >= 0.3 is 6.18 Å². The summed E-state index contributed by atoms with van der Waals surface area (Å²) in [7, 11) is 0. The van der Waals surface area contributed by atoms with Crippen LogP contribution < -0.4 is 0 Å². The van der Waals surface area contributed by atoms with Gasteiger partial charge in [-0.25, -0.2) is 4.39 Å². The zero-order valence-corrected chi connectivity index (χ0v) is 9.86. The van der Waals surface area contributed by atoms with Crippen LogP contribution in [0.5, 0.6) is 0 Å². The van der Waals surface area contributed by atoms with Crippen LogP contribution in [0.1, 0.15) is 38.5 Å². The van der Waals surface area contributed by atoms with Crippen molar-refractivity contribution in [2.24, 2.45) is 23.2 Å². The van der Waals surface area contributed by atoms with Crippen LogP contribution >= 0.6 is 0 Å². The van der Waals surface area contributed by atoms with Crippen molar-refractivity contribution in [2.45, 2.75) is 44.7 Å². The predicted molar refractivity (Wildman–Crippen MR) is 55.9 cm³/mol. The van der Waals surface area contributed by atoms with Gasteiger partial charge in [0, 0.05) is 5.41 Å². The van der Waals surface area contributed by atoms with Gasteiger partial charge in [-0.3, -0.25) is 0 Å². The van der Waals surface area contributed by atoms with Crippen LogP contribution in [0.4, 0.5) is 22.0 Å². The summed E-state index contributed by atoms with van der Waals surface area (Å²) >= 11 is 0. The Hall–Kier alpha value is -0.610. The van der Waals surface area contributed by atoms with E-state index >= 15 is 0 Å². The molecule has 0 unspecified atom stereocenters. The lowest BCUT2D eigenvalue weighted by atomic mass is 9.49. The van der Waals surface area contributed by atoms with Gasteiger partial charge in [-0.1, -0.05) is 0 Å². The molecule has 0 radical (unpaired) electrons. The van der Waals surface area contributed by atoms with E-state index in [1.54, 1.807) is 0 Å². The molecule has 0 spiro atoms. The molecule has 0 aromatic carbocycles. The predicted octanol–water partition coefficient (Wildman–Crippen LogP) is 4.92. The van der Waals surface area contributed by atoms with E-state index in [-0.39, 0.29) is 0 Å². The summed E-state index contributed by atoms with van der Waals surface area (Å²) in [6.45, 7) is 0. The minimum atomic E-state index is -5.19. The fourth-order valence-electron chi connectivity index (χ4n) is 4.74. The number of alkyl halides is 3. The Bertz CT molecular complexity index is 357. The van der Waals surface area contributed by atoms with Gasteiger partial charge in [0.1, 0.15) is 5.83 Å². The number of hydrogen-bond acceptors (Lipinski definition) is 0. The van der Waals surface area contributed by atoms with E-state index in [4.69, 9.17) is 0 Å². The van der Waals surface area contributed by atoms with Gasteiger partial charge in [0.15, 0.2) is 0 Å².